The molecule has 2 aromatic rings. The van der Waals surface area contributed by atoms with E-state index in [-0.39, 0.29) is 42.2 Å². The summed E-state index contributed by atoms with van der Waals surface area (Å²) >= 11 is 1.67. The fraction of sp³-hybridized carbons (Fsp3) is 0.611. The molecule has 0 spiro atoms. The maximum atomic E-state index is 13.0. The third-order valence-corrected chi connectivity index (χ3v) is 6.57. The quantitative estimate of drug-likeness (QED) is 0.790. The minimum absolute atomic E-state index is 0. The van der Waals surface area contributed by atoms with Crippen molar-refractivity contribution in [3.8, 4) is 0 Å². The van der Waals surface area contributed by atoms with Gasteiger partial charge in [0.15, 0.2) is 0 Å². The first-order valence-corrected chi connectivity index (χ1v) is 9.95. The summed E-state index contributed by atoms with van der Waals surface area (Å²) in [6, 6.07) is 2.02. The van der Waals surface area contributed by atoms with Gasteiger partial charge >= 0.3 is 0 Å². The van der Waals surface area contributed by atoms with Crippen LogP contribution in [0.3, 0.4) is 0 Å². The molecule has 3 heterocycles. The number of amides is 1. The molecule has 2 atom stereocenters. The monoisotopic (exact) mass is 431 g/mol. The van der Waals surface area contributed by atoms with Crippen LogP contribution in [0, 0.1) is 5.92 Å². The highest BCUT2D eigenvalue weighted by Gasteiger charge is 2.40. The molecule has 27 heavy (non-hydrogen) atoms. The lowest BCUT2D eigenvalue weighted by Gasteiger charge is -2.42. The van der Waals surface area contributed by atoms with Crippen LogP contribution in [0.5, 0.6) is 0 Å². The minimum Gasteiger partial charge on any atom is -0.352 e. The molecule has 2 aliphatic rings. The van der Waals surface area contributed by atoms with E-state index in [1.165, 1.54) is 0 Å². The molecule has 0 radical (unpaired) electrons. The molecule has 0 aromatic carbocycles. The maximum absolute atomic E-state index is 13.0. The molecule has 2 unspecified atom stereocenters. The number of hydrogen-bond acceptors (Lipinski definition) is 6. The van der Waals surface area contributed by atoms with Gasteiger partial charge in [-0.3, -0.25) is 4.79 Å². The van der Waals surface area contributed by atoms with Crippen molar-refractivity contribution in [3.05, 3.63) is 17.8 Å². The van der Waals surface area contributed by atoms with Crippen LogP contribution in [-0.2, 0) is 4.79 Å². The Balaban J connectivity index is 0.00000131. The summed E-state index contributed by atoms with van der Waals surface area (Å²) in [4.78, 5) is 26.1. The summed E-state index contributed by atoms with van der Waals surface area (Å²) in [5.41, 5.74) is 7.06. The molecule has 1 aliphatic heterocycles. The second-order valence-electron chi connectivity index (χ2n) is 7.45. The Hall–Kier alpha value is -1.15. The van der Waals surface area contributed by atoms with E-state index in [2.05, 4.69) is 14.9 Å². The molecule has 6 nitrogen and oxygen atoms in total. The average molecular weight is 432 g/mol. The number of rotatable bonds is 2. The van der Waals surface area contributed by atoms with Gasteiger partial charge in [-0.05, 0) is 31.2 Å². The molecular formula is C18H27Cl2N5OS. The number of anilines is 1. The molecule has 2 N–H and O–H groups in total. The third-order valence-electron chi connectivity index (χ3n) is 5.67. The van der Waals surface area contributed by atoms with Crippen LogP contribution in [0.4, 0.5) is 5.82 Å². The van der Waals surface area contributed by atoms with Crippen LogP contribution in [0.15, 0.2) is 17.8 Å². The number of fused-ring (bicyclic) bond motifs is 1. The largest absolute Gasteiger partial charge is 0.352 e. The summed E-state index contributed by atoms with van der Waals surface area (Å²) < 4.78 is 1.13. The van der Waals surface area contributed by atoms with E-state index in [9.17, 15) is 4.79 Å². The molecule has 2 aromatic heterocycles. The van der Waals surface area contributed by atoms with E-state index < -0.39 is 0 Å². The highest BCUT2D eigenvalue weighted by atomic mass is 35.5. The van der Waals surface area contributed by atoms with Crippen LogP contribution in [0.2, 0.25) is 0 Å². The zero-order valence-electron chi connectivity index (χ0n) is 15.5. The van der Waals surface area contributed by atoms with E-state index in [0.29, 0.717) is 0 Å². The predicted molar refractivity (Wildman–Crippen MR) is 115 cm³/mol. The van der Waals surface area contributed by atoms with Gasteiger partial charge in [-0.2, -0.15) is 0 Å². The second kappa shape index (κ2) is 8.90. The molecule has 1 aliphatic carbocycles. The number of piperazine rings is 1. The Morgan fingerprint density at radius 3 is 2.67 bits per heavy atom. The van der Waals surface area contributed by atoms with Crippen molar-refractivity contribution < 1.29 is 4.79 Å². The Kier molecular flexibility index (Phi) is 7.30. The van der Waals surface area contributed by atoms with Crippen LogP contribution in [-0.4, -0.2) is 52.5 Å². The summed E-state index contributed by atoms with van der Waals surface area (Å²) in [6.07, 6.45) is 5.74. The van der Waals surface area contributed by atoms with E-state index in [4.69, 9.17) is 5.73 Å². The second-order valence-corrected chi connectivity index (χ2v) is 8.36. The summed E-state index contributed by atoms with van der Waals surface area (Å²) in [5.74, 6) is 1.21. The molecule has 1 saturated carbocycles. The number of carbonyl (C=O) groups is 1. The van der Waals surface area contributed by atoms with Gasteiger partial charge in [0.1, 0.15) is 12.1 Å². The van der Waals surface area contributed by atoms with Gasteiger partial charge in [0.25, 0.3) is 0 Å². The van der Waals surface area contributed by atoms with Gasteiger partial charge in [0, 0.05) is 31.7 Å². The SMILES string of the molecule is CC1(N)CCCCC1C(=O)N1CCN(c2ncnc3ccsc23)CC1.Cl.Cl. The Labute approximate surface area is 176 Å². The van der Waals surface area contributed by atoms with Gasteiger partial charge in [-0.25, -0.2) is 9.97 Å². The third kappa shape index (κ3) is 4.31. The van der Waals surface area contributed by atoms with Gasteiger partial charge in [0.2, 0.25) is 5.91 Å². The number of hydrogen-bond donors (Lipinski definition) is 1. The molecule has 4 rings (SSSR count). The average Bonchev–Trinajstić information content (AvgIpc) is 3.10. The van der Waals surface area contributed by atoms with Crippen molar-refractivity contribution in [2.45, 2.75) is 38.1 Å². The number of nitrogens with two attached hydrogens (primary N) is 1. The van der Waals surface area contributed by atoms with Crippen molar-refractivity contribution in [1.29, 1.82) is 0 Å². The lowest BCUT2D eigenvalue weighted by molar-refractivity contribution is -0.139. The van der Waals surface area contributed by atoms with Gasteiger partial charge in [-0.15, -0.1) is 36.2 Å². The first kappa shape index (κ1) is 22.1. The van der Waals surface area contributed by atoms with Crippen molar-refractivity contribution >= 4 is 58.1 Å². The van der Waals surface area contributed by atoms with E-state index in [1.54, 1.807) is 17.7 Å². The number of aromatic nitrogens is 2. The van der Waals surface area contributed by atoms with Gasteiger partial charge in [-0.1, -0.05) is 12.8 Å². The van der Waals surface area contributed by atoms with Crippen LogP contribution >= 0.6 is 36.2 Å². The lowest BCUT2D eigenvalue weighted by atomic mass is 9.74. The van der Waals surface area contributed by atoms with Crippen molar-refractivity contribution in [2.75, 3.05) is 31.1 Å². The topological polar surface area (TPSA) is 75.4 Å². The zero-order valence-corrected chi connectivity index (χ0v) is 17.9. The Morgan fingerprint density at radius 1 is 1.22 bits per heavy atom. The van der Waals surface area contributed by atoms with Crippen molar-refractivity contribution in [3.63, 3.8) is 0 Å². The maximum Gasteiger partial charge on any atom is 0.227 e. The molecule has 1 saturated heterocycles. The molecular weight excluding hydrogens is 405 g/mol. The number of halogens is 2. The standard InChI is InChI=1S/C18H25N5OS.2ClH/c1-18(19)6-3-2-4-13(18)17(24)23-9-7-22(8-10-23)16-15-14(5-11-25-15)20-12-21-16;;/h5,11-13H,2-4,6-10,19H2,1H3;2*1H. The smallest absolute Gasteiger partial charge is 0.227 e. The van der Waals surface area contributed by atoms with Crippen LogP contribution in [0.25, 0.3) is 10.2 Å². The van der Waals surface area contributed by atoms with E-state index in [0.717, 1.165) is 67.9 Å². The van der Waals surface area contributed by atoms with Crippen molar-refractivity contribution in [2.24, 2.45) is 11.7 Å². The minimum atomic E-state index is -0.359. The molecule has 2 fully saturated rings. The van der Waals surface area contributed by atoms with Gasteiger partial charge < -0.3 is 15.5 Å². The van der Waals surface area contributed by atoms with Gasteiger partial charge in [0.05, 0.1) is 16.1 Å². The number of carbonyl (C=O) groups excluding carboxylic acids is 1. The summed E-state index contributed by atoms with van der Waals surface area (Å²) in [5, 5.41) is 2.05. The normalized spacial score (nSPS) is 25.6. The molecule has 1 amide bonds. The Bertz CT molecular complexity index is 776. The predicted octanol–water partition coefficient (Wildman–Crippen LogP) is 3.09. The first-order chi connectivity index (χ1) is 12.1. The zero-order chi connectivity index (χ0) is 17.4. The molecule has 9 heteroatoms. The van der Waals surface area contributed by atoms with E-state index in [1.807, 2.05) is 23.3 Å². The first-order valence-electron chi connectivity index (χ1n) is 9.07. The van der Waals surface area contributed by atoms with Crippen LogP contribution in [0.1, 0.15) is 32.6 Å². The summed E-state index contributed by atoms with van der Waals surface area (Å²) in [7, 11) is 0. The highest BCUT2D eigenvalue weighted by molar-refractivity contribution is 7.17. The fourth-order valence-electron chi connectivity index (χ4n) is 4.12. The molecule has 150 valence electrons. The highest BCUT2D eigenvalue weighted by Crippen LogP contribution is 2.34. The van der Waals surface area contributed by atoms with Crippen molar-refractivity contribution in [1.82, 2.24) is 14.9 Å². The Morgan fingerprint density at radius 2 is 1.96 bits per heavy atom. The number of nitrogens with zero attached hydrogens (tertiary/aromatic N) is 4. The fourth-order valence-corrected chi connectivity index (χ4v) is 4.99. The number of thiophene rings is 1. The lowest BCUT2D eigenvalue weighted by Crippen LogP contribution is -2.57. The summed E-state index contributed by atoms with van der Waals surface area (Å²) in [6.45, 7) is 5.14. The molecule has 0 bridgehead atoms. The van der Waals surface area contributed by atoms with E-state index >= 15 is 0 Å². The van der Waals surface area contributed by atoms with Crippen LogP contribution < -0.4 is 10.6 Å².